The molecule has 2 aliphatic rings. The van der Waals surface area contributed by atoms with Crippen LogP contribution in [0.4, 0.5) is 9.59 Å². The Hall–Kier alpha value is -5.80. The monoisotopic (exact) mass is 990 g/mol. The Kier molecular flexibility index (Phi) is 18.1. The van der Waals surface area contributed by atoms with Gasteiger partial charge in [-0.3, -0.25) is 4.79 Å². The first-order chi connectivity index (χ1) is 33.6. The summed E-state index contributed by atoms with van der Waals surface area (Å²) in [5.41, 5.74) is 4.32. The first-order valence-corrected chi connectivity index (χ1v) is 31.9. The number of rotatable bonds is 18. The van der Waals surface area contributed by atoms with Gasteiger partial charge in [-0.2, -0.15) is 0 Å². The Labute approximate surface area is 413 Å². The Morgan fingerprint density at radius 2 is 1.14 bits per heavy atom. The number of hydrogen-bond acceptors (Lipinski definition) is 12. The Bertz CT molecular complexity index is 2640. The van der Waals surface area contributed by atoms with Crippen LogP contribution in [0.15, 0.2) is 97.8 Å². The predicted molar refractivity (Wildman–Crippen MR) is 274 cm³/mol. The highest BCUT2D eigenvalue weighted by molar-refractivity contribution is 6.76. The second kappa shape index (κ2) is 24.4. The van der Waals surface area contributed by atoms with Crippen LogP contribution < -0.4 is 0 Å². The van der Waals surface area contributed by atoms with Crippen molar-refractivity contribution in [1.29, 1.82) is 0 Å². The number of aromatic nitrogens is 6. The molecule has 4 aromatic heterocycles. The van der Waals surface area contributed by atoms with Crippen molar-refractivity contribution in [2.75, 3.05) is 39.4 Å². The number of likely N-dealkylation sites (tertiary alicyclic amines) is 2. The van der Waals surface area contributed by atoms with Crippen LogP contribution in [0.3, 0.4) is 0 Å². The summed E-state index contributed by atoms with van der Waals surface area (Å²) in [4.78, 5) is 59.6. The number of aliphatic hydroxyl groups excluding tert-OH is 1. The van der Waals surface area contributed by atoms with E-state index in [4.69, 9.17) is 18.9 Å². The minimum absolute atomic E-state index is 0.0599. The number of amides is 2. The molecule has 16 nitrogen and oxygen atoms in total. The molecule has 2 amide bonds. The molecule has 2 saturated heterocycles. The van der Waals surface area contributed by atoms with Crippen LogP contribution in [-0.2, 0) is 45.6 Å². The fraction of sp³-hybridized carbons (Fsp3) is 0.481. The Morgan fingerprint density at radius 3 is 1.70 bits per heavy atom. The molecule has 0 spiro atoms. The third kappa shape index (κ3) is 14.6. The zero-order valence-corrected chi connectivity index (χ0v) is 43.7. The summed E-state index contributed by atoms with van der Waals surface area (Å²) in [7, 11) is -2.30. The largest absolute Gasteiger partial charge is 0.445 e. The number of hydrogen-bond donors (Lipinski definition) is 1. The van der Waals surface area contributed by atoms with Gasteiger partial charge < -0.3 is 43.0 Å². The summed E-state index contributed by atoms with van der Waals surface area (Å²) in [5.74, 6) is -0.500. The molecule has 6 heterocycles. The minimum Gasteiger partial charge on any atom is -0.445 e. The molecule has 2 aromatic carbocycles. The average Bonchev–Trinajstić information content (AvgIpc) is 3.99. The highest BCUT2D eigenvalue weighted by Gasteiger charge is 2.33. The quantitative estimate of drug-likeness (QED) is 0.0491. The summed E-state index contributed by atoms with van der Waals surface area (Å²) in [6.45, 7) is 18.6. The van der Waals surface area contributed by atoms with Gasteiger partial charge in [0, 0.05) is 90.5 Å². The molecule has 2 aliphatic heterocycles. The molecule has 3 atom stereocenters. The van der Waals surface area contributed by atoms with Gasteiger partial charge in [-0.1, -0.05) is 99.9 Å². The second-order valence-corrected chi connectivity index (χ2v) is 32.0. The van der Waals surface area contributed by atoms with Crippen LogP contribution in [0.1, 0.15) is 59.1 Å². The topological polar surface area (TPSA) is 176 Å². The molecule has 0 saturated carbocycles. The molecule has 0 bridgehead atoms. The van der Waals surface area contributed by atoms with Crippen molar-refractivity contribution in [3.63, 3.8) is 0 Å². The van der Waals surface area contributed by atoms with Gasteiger partial charge in [-0.05, 0) is 61.0 Å². The average molecular weight is 991 g/mol. The van der Waals surface area contributed by atoms with Crippen LogP contribution >= 0.6 is 0 Å². The van der Waals surface area contributed by atoms with Gasteiger partial charge in [0.05, 0.1) is 5.69 Å². The number of ether oxygens (including phenoxy) is 4. The highest BCUT2D eigenvalue weighted by Crippen LogP contribution is 2.33. The van der Waals surface area contributed by atoms with Crippen molar-refractivity contribution < 1.29 is 38.4 Å². The molecule has 0 radical (unpaired) electrons. The van der Waals surface area contributed by atoms with Crippen molar-refractivity contribution in [2.24, 2.45) is 11.8 Å². The molecule has 18 heteroatoms. The maximum Gasteiger partial charge on any atom is 0.410 e. The predicted octanol–water partition coefficient (Wildman–Crippen LogP) is 9.80. The second-order valence-electron chi connectivity index (χ2n) is 20.7. The van der Waals surface area contributed by atoms with Crippen LogP contribution in [-0.4, -0.2) is 117 Å². The van der Waals surface area contributed by atoms with Crippen LogP contribution in [0.5, 0.6) is 0 Å². The van der Waals surface area contributed by atoms with Crippen LogP contribution in [0.25, 0.3) is 22.1 Å². The van der Waals surface area contributed by atoms with Gasteiger partial charge >= 0.3 is 12.2 Å². The van der Waals surface area contributed by atoms with E-state index in [9.17, 15) is 19.5 Å². The Balaban J connectivity index is 0.000000206. The number of carbonyl (C=O) groups is 3. The van der Waals surface area contributed by atoms with E-state index < -0.39 is 22.3 Å². The van der Waals surface area contributed by atoms with Gasteiger partial charge in [-0.25, -0.2) is 29.5 Å². The lowest BCUT2D eigenvalue weighted by Crippen LogP contribution is -2.42. The van der Waals surface area contributed by atoms with Crippen molar-refractivity contribution in [3.8, 4) is 0 Å². The molecule has 70 heavy (non-hydrogen) atoms. The maximum absolute atomic E-state index is 13.4. The molecule has 1 N–H and O–H groups in total. The third-order valence-corrected chi connectivity index (χ3v) is 16.1. The van der Waals surface area contributed by atoms with Crippen molar-refractivity contribution in [1.82, 2.24) is 38.9 Å². The zero-order chi connectivity index (χ0) is 49.7. The third-order valence-electron chi connectivity index (χ3n) is 12.7. The fourth-order valence-corrected chi connectivity index (χ4v) is 10.1. The smallest absolute Gasteiger partial charge is 0.410 e. The molecule has 0 aliphatic carbocycles. The lowest BCUT2D eigenvalue weighted by atomic mass is 9.90. The number of benzene rings is 2. The first kappa shape index (κ1) is 52.0. The minimum atomic E-state index is -1.15. The highest BCUT2D eigenvalue weighted by atomic mass is 28.3. The van der Waals surface area contributed by atoms with Crippen molar-refractivity contribution in [2.45, 2.75) is 110 Å². The van der Waals surface area contributed by atoms with Crippen LogP contribution in [0, 0.1) is 11.8 Å². The first-order valence-electron chi connectivity index (χ1n) is 24.5. The molecule has 6 aromatic rings. The zero-order valence-electron chi connectivity index (χ0n) is 41.7. The normalized spacial score (nSPS) is 17.0. The number of Topliss-reactive ketones (excluding diaryl/α,β-unsaturated/α-hetero) is 1. The fourth-order valence-electron chi connectivity index (χ4n) is 8.58. The van der Waals surface area contributed by atoms with E-state index in [2.05, 4.69) is 59.2 Å². The van der Waals surface area contributed by atoms with Gasteiger partial charge in [0.25, 0.3) is 0 Å². The van der Waals surface area contributed by atoms with Gasteiger partial charge in [0.1, 0.15) is 62.4 Å². The summed E-state index contributed by atoms with van der Waals surface area (Å²) in [6.07, 6.45) is 8.30. The summed E-state index contributed by atoms with van der Waals surface area (Å²) in [5, 5.41) is 12.8. The molecular weight excluding hydrogens is 921 g/mol. The van der Waals surface area contributed by atoms with Gasteiger partial charge in [0.15, 0.2) is 5.78 Å². The number of ketones is 1. The molecule has 374 valence electrons. The van der Waals surface area contributed by atoms with Crippen molar-refractivity contribution >= 4 is 56.2 Å². The van der Waals surface area contributed by atoms with E-state index in [1.807, 2.05) is 94.3 Å². The molecular formula is C52H70N8O8Si2. The molecule has 3 unspecified atom stereocenters. The Morgan fingerprint density at radius 1 is 0.643 bits per heavy atom. The summed E-state index contributed by atoms with van der Waals surface area (Å²) < 4.78 is 26.6. The van der Waals surface area contributed by atoms with Crippen molar-refractivity contribution in [3.05, 3.63) is 120 Å². The number of fused-ring (bicyclic) bond motifs is 2. The number of carbonyl (C=O) groups excluding carboxylic acids is 3. The number of aliphatic hydroxyl groups is 1. The summed E-state index contributed by atoms with van der Waals surface area (Å²) >= 11 is 0. The van der Waals surface area contributed by atoms with Gasteiger partial charge in [-0.15, -0.1) is 0 Å². The van der Waals surface area contributed by atoms with E-state index in [0.717, 1.165) is 65.5 Å². The molecule has 8 rings (SSSR count). The van der Waals surface area contributed by atoms with Gasteiger partial charge in [0.2, 0.25) is 0 Å². The lowest BCUT2D eigenvalue weighted by Gasteiger charge is -2.34. The van der Waals surface area contributed by atoms with E-state index in [1.54, 1.807) is 9.80 Å². The van der Waals surface area contributed by atoms with E-state index in [0.29, 0.717) is 69.7 Å². The van der Waals surface area contributed by atoms with E-state index in [1.165, 1.54) is 12.7 Å². The number of piperidine rings is 2. The van der Waals surface area contributed by atoms with E-state index in [-0.39, 0.29) is 43.0 Å². The lowest BCUT2D eigenvalue weighted by molar-refractivity contribution is 0.0359. The maximum atomic E-state index is 13.4. The standard InChI is InChI=1S/C26H36N4O4Si.C26H34N4O4Si/c2*1-35(2,3)15-14-33-19-30-13-11-22-23(27-18-28-25(22)30)24(31)21-10-7-12-29(16-21)26(32)34-17-20-8-5-4-6-9-20/h4-6,8-9,11,13,18,21,24,31H,7,10,12,14-17,19H2,1-3H3;4-6,8-9,11,13,18,21H,7,10,12,14-17,19H2,1-3H3. The SMILES string of the molecule is C[Si](C)(C)CCOCn1ccc2c(C(=O)C3CCCN(C(=O)OCc4ccccc4)C3)ncnc21.C[Si](C)(C)CCOCn1ccc2c(C(O)C3CCCN(C(=O)OCc4ccccc4)C3)ncnc21. The number of nitrogens with zero attached hydrogens (tertiary/aromatic N) is 8. The van der Waals surface area contributed by atoms with Crippen LogP contribution in [0.2, 0.25) is 51.4 Å². The molecule has 2 fully saturated rings. The summed E-state index contributed by atoms with van der Waals surface area (Å²) in [6, 6.07) is 25.2. The van der Waals surface area contributed by atoms with E-state index >= 15 is 0 Å².